The van der Waals surface area contributed by atoms with Crippen LogP contribution in [-0.4, -0.2) is 55.2 Å². The Labute approximate surface area is 172 Å². The van der Waals surface area contributed by atoms with Gasteiger partial charge in [-0.05, 0) is 62.3 Å². The lowest BCUT2D eigenvalue weighted by molar-refractivity contribution is -0.208. The molecule has 2 aliphatic heterocycles. The Kier molecular flexibility index (Phi) is 6.41. The summed E-state index contributed by atoms with van der Waals surface area (Å²) in [6, 6.07) is 0. The molecule has 29 heavy (non-hydrogen) atoms. The Morgan fingerprint density at radius 3 is 1.59 bits per heavy atom. The van der Waals surface area contributed by atoms with Gasteiger partial charge >= 0.3 is 17.9 Å². The third kappa shape index (κ3) is 5.92. The molecule has 0 saturated carbocycles. The molecule has 2 rings (SSSR count). The maximum atomic E-state index is 12.6. The van der Waals surface area contributed by atoms with Gasteiger partial charge in [-0.2, -0.15) is 0 Å². The zero-order chi connectivity index (χ0) is 22.4. The van der Waals surface area contributed by atoms with Crippen LogP contribution in [-0.2, 0) is 38.1 Å². The van der Waals surface area contributed by atoms with Crippen molar-refractivity contribution in [2.45, 2.75) is 93.0 Å². The highest BCUT2D eigenvalue weighted by atomic mass is 16.8. The lowest BCUT2D eigenvalue weighted by Crippen LogP contribution is -2.55. The highest BCUT2D eigenvalue weighted by Crippen LogP contribution is 2.40. The number of epoxide rings is 1. The van der Waals surface area contributed by atoms with Crippen molar-refractivity contribution in [3.05, 3.63) is 0 Å². The molecule has 166 valence electrons. The molecule has 2 aliphatic rings. The molecule has 0 aromatic carbocycles. The second-order valence-electron chi connectivity index (χ2n) is 10.7. The molecule has 2 fully saturated rings. The molecule has 5 atom stereocenters. The quantitative estimate of drug-likeness (QED) is 0.393. The van der Waals surface area contributed by atoms with Gasteiger partial charge in [0.1, 0.15) is 12.7 Å². The molecule has 0 aromatic rings. The van der Waals surface area contributed by atoms with E-state index < -0.39 is 64.9 Å². The van der Waals surface area contributed by atoms with E-state index in [4.69, 9.17) is 23.7 Å². The zero-order valence-corrected chi connectivity index (χ0v) is 18.9. The average Bonchev–Trinajstić information content (AvgIpc) is 3.30. The number of rotatable bonds is 4. The summed E-state index contributed by atoms with van der Waals surface area (Å²) in [7, 11) is 0. The molecular formula is C21H34O8. The van der Waals surface area contributed by atoms with Gasteiger partial charge in [0, 0.05) is 0 Å². The SMILES string of the molecule is CC(C)(C)C(=O)OC[C@H]1O[C@H]2O[C@@H]2[C@@H](OC(=O)C(C)(C)C)[C@@H]1OC(=O)C(C)(C)C. The van der Waals surface area contributed by atoms with E-state index in [2.05, 4.69) is 0 Å². The Morgan fingerprint density at radius 1 is 0.690 bits per heavy atom. The van der Waals surface area contributed by atoms with Gasteiger partial charge in [0.25, 0.3) is 0 Å². The van der Waals surface area contributed by atoms with Crippen LogP contribution in [0.2, 0.25) is 0 Å². The van der Waals surface area contributed by atoms with Crippen LogP contribution in [0, 0.1) is 16.2 Å². The lowest BCUT2D eigenvalue weighted by atomic mass is 9.95. The van der Waals surface area contributed by atoms with Crippen molar-refractivity contribution in [3.8, 4) is 0 Å². The first-order valence-electron chi connectivity index (χ1n) is 9.92. The summed E-state index contributed by atoms with van der Waals surface area (Å²) < 4.78 is 28.0. The van der Waals surface area contributed by atoms with Crippen LogP contribution in [0.25, 0.3) is 0 Å². The number of fused-ring (bicyclic) bond motifs is 1. The van der Waals surface area contributed by atoms with Crippen LogP contribution in [0.5, 0.6) is 0 Å². The van der Waals surface area contributed by atoms with E-state index in [0.717, 1.165) is 0 Å². The van der Waals surface area contributed by atoms with Crippen LogP contribution in [0.3, 0.4) is 0 Å². The van der Waals surface area contributed by atoms with Gasteiger partial charge in [-0.25, -0.2) is 0 Å². The standard InChI is InChI=1S/C21H34O8/c1-19(2,3)16(22)25-10-11-12(28-17(23)20(4,5)6)13(14-15(26-11)27-14)29-18(24)21(7,8)9/h11-15H,10H2,1-9H3/t11-,12-,13+,14-,15+/m1/s1. The molecule has 2 saturated heterocycles. The zero-order valence-electron chi connectivity index (χ0n) is 18.9. The van der Waals surface area contributed by atoms with E-state index in [1.54, 1.807) is 62.3 Å². The molecule has 0 amide bonds. The molecule has 0 N–H and O–H groups in total. The van der Waals surface area contributed by atoms with Crippen molar-refractivity contribution in [2.75, 3.05) is 6.61 Å². The number of esters is 3. The van der Waals surface area contributed by atoms with Gasteiger partial charge in [-0.15, -0.1) is 0 Å². The van der Waals surface area contributed by atoms with Crippen LogP contribution in [0.4, 0.5) is 0 Å². The number of ether oxygens (including phenoxy) is 5. The Balaban J connectivity index is 2.22. The highest BCUT2D eigenvalue weighted by Gasteiger charge is 2.61. The molecular weight excluding hydrogens is 380 g/mol. The van der Waals surface area contributed by atoms with Gasteiger partial charge in [0.2, 0.25) is 0 Å². The normalized spacial score (nSPS) is 29.5. The Hall–Kier alpha value is -1.67. The monoisotopic (exact) mass is 414 g/mol. The molecule has 8 nitrogen and oxygen atoms in total. The number of carbonyl (C=O) groups is 3. The molecule has 0 aromatic heterocycles. The van der Waals surface area contributed by atoms with Crippen molar-refractivity contribution in [2.24, 2.45) is 16.2 Å². The molecule has 0 spiro atoms. The summed E-state index contributed by atoms with van der Waals surface area (Å²) in [5.41, 5.74) is -2.20. The van der Waals surface area contributed by atoms with Crippen molar-refractivity contribution in [1.82, 2.24) is 0 Å². The van der Waals surface area contributed by atoms with Crippen LogP contribution >= 0.6 is 0 Å². The van der Waals surface area contributed by atoms with E-state index in [1.165, 1.54) is 0 Å². The van der Waals surface area contributed by atoms with E-state index >= 15 is 0 Å². The maximum absolute atomic E-state index is 12.6. The van der Waals surface area contributed by atoms with E-state index in [-0.39, 0.29) is 6.61 Å². The van der Waals surface area contributed by atoms with E-state index in [9.17, 15) is 14.4 Å². The van der Waals surface area contributed by atoms with E-state index in [1.807, 2.05) is 0 Å². The van der Waals surface area contributed by atoms with Crippen LogP contribution in [0.15, 0.2) is 0 Å². The second kappa shape index (κ2) is 7.87. The van der Waals surface area contributed by atoms with Crippen molar-refractivity contribution in [3.63, 3.8) is 0 Å². The second-order valence-corrected chi connectivity index (χ2v) is 10.7. The van der Waals surface area contributed by atoms with Crippen molar-refractivity contribution < 1.29 is 38.1 Å². The third-order valence-corrected chi connectivity index (χ3v) is 4.51. The lowest BCUT2D eigenvalue weighted by Gasteiger charge is -2.36. The Morgan fingerprint density at radius 2 is 1.14 bits per heavy atom. The smallest absolute Gasteiger partial charge is 0.311 e. The fourth-order valence-electron chi connectivity index (χ4n) is 2.49. The van der Waals surface area contributed by atoms with E-state index in [0.29, 0.717) is 0 Å². The molecule has 0 aliphatic carbocycles. The largest absolute Gasteiger partial charge is 0.462 e. The fourth-order valence-corrected chi connectivity index (χ4v) is 2.49. The molecule has 0 bridgehead atoms. The first-order valence-corrected chi connectivity index (χ1v) is 9.92. The number of carbonyl (C=O) groups excluding carboxylic acids is 3. The first kappa shape index (κ1) is 23.6. The predicted molar refractivity (Wildman–Crippen MR) is 103 cm³/mol. The van der Waals surface area contributed by atoms with Crippen LogP contribution < -0.4 is 0 Å². The average molecular weight is 414 g/mol. The molecule has 2 heterocycles. The molecule has 0 radical (unpaired) electrons. The summed E-state index contributed by atoms with van der Waals surface area (Å²) in [5, 5.41) is 0. The topological polar surface area (TPSA) is 101 Å². The fraction of sp³-hybridized carbons (Fsp3) is 0.857. The van der Waals surface area contributed by atoms with Crippen molar-refractivity contribution >= 4 is 17.9 Å². The van der Waals surface area contributed by atoms with Gasteiger partial charge in [0.15, 0.2) is 24.6 Å². The minimum absolute atomic E-state index is 0.145. The summed E-state index contributed by atoms with van der Waals surface area (Å²) in [6.45, 7) is 15.4. The summed E-state index contributed by atoms with van der Waals surface area (Å²) in [4.78, 5) is 37.2. The van der Waals surface area contributed by atoms with Gasteiger partial charge < -0.3 is 23.7 Å². The minimum atomic E-state index is -0.954. The minimum Gasteiger partial charge on any atom is -0.462 e. The first-order chi connectivity index (χ1) is 13.0. The summed E-state index contributed by atoms with van der Waals surface area (Å²) >= 11 is 0. The van der Waals surface area contributed by atoms with Gasteiger partial charge in [-0.3, -0.25) is 14.4 Å². The molecule has 8 heteroatoms. The highest BCUT2D eigenvalue weighted by molar-refractivity contribution is 5.77. The predicted octanol–water partition coefficient (Wildman–Crippen LogP) is 2.62. The summed E-state index contributed by atoms with van der Waals surface area (Å²) in [5.74, 6) is -1.33. The van der Waals surface area contributed by atoms with Gasteiger partial charge in [-0.1, -0.05) is 0 Å². The number of hydrogen-bond donors (Lipinski definition) is 0. The number of hydrogen-bond acceptors (Lipinski definition) is 8. The maximum Gasteiger partial charge on any atom is 0.311 e. The van der Waals surface area contributed by atoms with Crippen molar-refractivity contribution in [1.29, 1.82) is 0 Å². The summed E-state index contributed by atoms with van der Waals surface area (Å²) in [6.07, 6.45) is -3.71. The van der Waals surface area contributed by atoms with Gasteiger partial charge in [0.05, 0.1) is 16.2 Å². The van der Waals surface area contributed by atoms with Crippen LogP contribution in [0.1, 0.15) is 62.3 Å². The Bertz CT molecular complexity index is 649. The molecule has 0 unspecified atom stereocenters. The third-order valence-electron chi connectivity index (χ3n) is 4.51.